The molecule has 0 aliphatic rings. The second-order valence-corrected chi connectivity index (χ2v) is 4.70. The Kier molecular flexibility index (Phi) is 6.08. The number of nitrogens with two attached hydrogens (primary N) is 1. The van der Waals surface area contributed by atoms with E-state index in [4.69, 9.17) is 10.9 Å². The van der Waals surface area contributed by atoms with E-state index in [1.54, 1.807) is 22.9 Å². The highest BCUT2D eigenvalue weighted by atomic mass is 16.4. The molecular formula is C13H22N4O2. The molecule has 1 rings (SSSR count). The van der Waals surface area contributed by atoms with E-state index in [-0.39, 0.29) is 11.4 Å². The molecule has 0 radical (unpaired) electrons. The van der Waals surface area contributed by atoms with E-state index in [1.807, 2.05) is 6.07 Å². The lowest BCUT2D eigenvalue weighted by molar-refractivity contribution is 0.217. The normalized spacial score (nSPS) is 12.3. The van der Waals surface area contributed by atoms with Gasteiger partial charge < -0.3 is 15.5 Å². The van der Waals surface area contributed by atoms with E-state index in [9.17, 15) is 4.79 Å². The van der Waals surface area contributed by atoms with Crippen LogP contribution in [0, 0.1) is 0 Å². The van der Waals surface area contributed by atoms with Crippen LogP contribution in [0.2, 0.25) is 0 Å². The van der Waals surface area contributed by atoms with Crippen LogP contribution in [0.4, 0.5) is 0 Å². The minimum Gasteiger partial charge on any atom is -0.409 e. The van der Waals surface area contributed by atoms with Crippen molar-refractivity contribution < 1.29 is 5.21 Å². The van der Waals surface area contributed by atoms with Crippen LogP contribution in [0.1, 0.15) is 20.3 Å². The Morgan fingerprint density at radius 1 is 1.47 bits per heavy atom. The summed E-state index contributed by atoms with van der Waals surface area (Å²) in [6.45, 7) is 6.25. The quantitative estimate of drug-likeness (QED) is 0.329. The highest BCUT2D eigenvalue weighted by molar-refractivity contribution is 5.79. The lowest BCUT2D eigenvalue weighted by Crippen LogP contribution is -2.37. The highest BCUT2D eigenvalue weighted by Crippen LogP contribution is 2.00. The van der Waals surface area contributed by atoms with Gasteiger partial charge in [0.1, 0.15) is 5.84 Å². The summed E-state index contributed by atoms with van der Waals surface area (Å²) in [7, 11) is 0. The first-order valence-corrected chi connectivity index (χ1v) is 6.40. The molecule has 6 nitrogen and oxygen atoms in total. The third-order valence-corrected chi connectivity index (χ3v) is 3.04. The number of rotatable bonds is 7. The summed E-state index contributed by atoms with van der Waals surface area (Å²) < 4.78 is 1.68. The van der Waals surface area contributed by atoms with Gasteiger partial charge in [0, 0.05) is 44.4 Å². The zero-order valence-corrected chi connectivity index (χ0v) is 11.5. The first-order valence-electron chi connectivity index (χ1n) is 6.40. The number of hydrogen-bond acceptors (Lipinski definition) is 4. The van der Waals surface area contributed by atoms with Gasteiger partial charge in [-0.3, -0.25) is 9.69 Å². The topological polar surface area (TPSA) is 83.8 Å². The van der Waals surface area contributed by atoms with Gasteiger partial charge in [-0.2, -0.15) is 0 Å². The van der Waals surface area contributed by atoms with Crippen molar-refractivity contribution in [1.82, 2.24) is 9.47 Å². The zero-order valence-electron chi connectivity index (χ0n) is 11.5. The average molecular weight is 266 g/mol. The maximum absolute atomic E-state index is 11.6. The summed E-state index contributed by atoms with van der Waals surface area (Å²) in [5.74, 6) is 0.225. The van der Waals surface area contributed by atoms with Crippen molar-refractivity contribution in [2.24, 2.45) is 10.9 Å². The van der Waals surface area contributed by atoms with Crippen LogP contribution < -0.4 is 11.3 Å². The van der Waals surface area contributed by atoms with Crippen LogP contribution in [0.15, 0.2) is 34.3 Å². The smallest absolute Gasteiger partial charge is 0.250 e. The molecule has 1 aromatic heterocycles. The fraction of sp³-hybridized carbons (Fsp3) is 0.538. The molecule has 0 aromatic carbocycles. The van der Waals surface area contributed by atoms with E-state index in [0.717, 1.165) is 6.54 Å². The number of amidine groups is 1. The van der Waals surface area contributed by atoms with Crippen molar-refractivity contribution in [3.05, 3.63) is 34.7 Å². The first-order chi connectivity index (χ1) is 9.04. The second kappa shape index (κ2) is 7.58. The Morgan fingerprint density at radius 2 is 2.21 bits per heavy atom. The molecule has 0 amide bonds. The number of nitrogens with zero attached hydrogens (tertiary/aromatic N) is 3. The number of hydrogen-bond donors (Lipinski definition) is 2. The Balaban J connectivity index is 2.55. The molecule has 1 heterocycles. The molecule has 0 saturated carbocycles. The molecule has 6 heteroatoms. The molecule has 0 unspecified atom stereocenters. The first kappa shape index (κ1) is 15.2. The molecule has 0 aliphatic heterocycles. The summed E-state index contributed by atoms with van der Waals surface area (Å²) in [5, 5.41) is 11.5. The Morgan fingerprint density at radius 3 is 2.79 bits per heavy atom. The van der Waals surface area contributed by atoms with Crippen molar-refractivity contribution in [3.63, 3.8) is 0 Å². The minimum absolute atomic E-state index is 0.00245. The van der Waals surface area contributed by atoms with E-state index < -0.39 is 0 Å². The maximum atomic E-state index is 11.6. The molecule has 106 valence electrons. The lowest BCUT2D eigenvalue weighted by atomic mass is 10.2. The molecular weight excluding hydrogens is 244 g/mol. The summed E-state index contributed by atoms with van der Waals surface area (Å²) in [6, 6.07) is 5.47. The Bertz CT molecular complexity index is 468. The fourth-order valence-electron chi connectivity index (χ4n) is 1.82. The van der Waals surface area contributed by atoms with E-state index in [2.05, 4.69) is 23.9 Å². The molecule has 0 aliphatic carbocycles. The van der Waals surface area contributed by atoms with E-state index >= 15 is 0 Å². The molecule has 0 bridgehead atoms. The van der Waals surface area contributed by atoms with E-state index in [1.165, 1.54) is 0 Å². The molecule has 0 spiro atoms. The third-order valence-electron chi connectivity index (χ3n) is 3.04. The SMILES string of the molecule is CC(C)N(CC/C(N)=N/O)CCn1ccccc1=O. The predicted octanol–water partition coefficient (Wildman–Crippen LogP) is 0.695. The summed E-state index contributed by atoms with van der Waals surface area (Å²) in [4.78, 5) is 13.8. The zero-order chi connectivity index (χ0) is 14.3. The summed E-state index contributed by atoms with van der Waals surface area (Å²) >= 11 is 0. The second-order valence-electron chi connectivity index (χ2n) is 4.70. The molecule has 1 aromatic rings. The predicted molar refractivity (Wildman–Crippen MR) is 75.4 cm³/mol. The average Bonchev–Trinajstić information content (AvgIpc) is 2.39. The van der Waals surface area contributed by atoms with Gasteiger partial charge in [0.05, 0.1) is 0 Å². The maximum Gasteiger partial charge on any atom is 0.250 e. The van der Waals surface area contributed by atoms with Crippen LogP contribution in [0.3, 0.4) is 0 Å². The van der Waals surface area contributed by atoms with Crippen LogP contribution in [0.5, 0.6) is 0 Å². The monoisotopic (exact) mass is 266 g/mol. The number of oxime groups is 1. The van der Waals surface area contributed by atoms with Gasteiger partial charge in [-0.25, -0.2) is 0 Å². The van der Waals surface area contributed by atoms with Gasteiger partial charge >= 0.3 is 0 Å². The van der Waals surface area contributed by atoms with Crippen LogP contribution >= 0.6 is 0 Å². The molecule has 0 saturated heterocycles. The fourth-order valence-corrected chi connectivity index (χ4v) is 1.82. The molecule has 0 atom stereocenters. The third kappa shape index (κ3) is 5.13. The Hall–Kier alpha value is -1.82. The number of pyridine rings is 1. The Labute approximate surface area is 113 Å². The van der Waals surface area contributed by atoms with Crippen LogP contribution in [-0.4, -0.2) is 39.6 Å². The van der Waals surface area contributed by atoms with Gasteiger partial charge in [0.2, 0.25) is 0 Å². The highest BCUT2D eigenvalue weighted by Gasteiger charge is 2.10. The van der Waals surface area contributed by atoms with Gasteiger partial charge in [-0.05, 0) is 19.9 Å². The van der Waals surface area contributed by atoms with Crippen molar-refractivity contribution in [1.29, 1.82) is 0 Å². The van der Waals surface area contributed by atoms with Gasteiger partial charge in [0.25, 0.3) is 5.56 Å². The summed E-state index contributed by atoms with van der Waals surface area (Å²) in [6.07, 6.45) is 2.29. The van der Waals surface area contributed by atoms with Gasteiger partial charge in [-0.1, -0.05) is 11.2 Å². The van der Waals surface area contributed by atoms with Crippen molar-refractivity contribution in [3.8, 4) is 0 Å². The van der Waals surface area contributed by atoms with Gasteiger partial charge in [0.15, 0.2) is 0 Å². The molecule has 19 heavy (non-hydrogen) atoms. The van der Waals surface area contributed by atoms with Crippen LogP contribution in [-0.2, 0) is 6.54 Å². The minimum atomic E-state index is 0.00245. The molecule has 3 N–H and O–H groups in total. The lowest BCUT2D eigenvalue weighted by Gasteiger charge is -2.26. The number of aromatic nitrogens is 1. The summed E-state index contributed by atoms with van der Waals surface area (Å²) in [5.41, 5.74) is 5.47. The van der Waals surface area contributed by atoms with Crippen LogP contribution in [0.25, 0.3) is 0 Å². The van der Waals surface area contributed by atoms with Gasteiger partial charge in [-0.15, -0.1) is 0 Å². The van der Waals surface area contributed by atoms with Crippen molar-refractivity contribution in [2.75, 3.05) is 13.1 Å². The van der Waals surface area contributed by atoms with Crippen molar-refractivity contribution >= 4 is 5.84 Å². The standard InChI is InChI=1S/C13H22N4O2/c1-11(2)16(8-6-12(14)15-19)9-10-17-7-4-3-5-13(17)18/h3-5,7,11,19H,6,8-10H2,1-2H3,(H2,14,15). The molecule has 0 fully saturated rings. The van der Waals surface area contributed by atoms with E-state index in [0.29, 0.717) is 25.6 Å². The largest absolute Gasteiger partial charge is 0.409 e. The van der Waals surface area contributed by atoms with Crippen molar-refractivity contribution in [2.45, 2.75) is 32.9 Å².